The zero-order chi connectivity index (χ0) is 9.84. The maximum Gasteiger partial charge on any atom is 0.118 e. The van der Waals surface area contributed by atoms with Crippen LogP contribution >= 0.6 is 0 Å². The Balaban J connectivity index is 2.52. The Kier molecular flexibility index (Phi) is 3.58. The van der Waals surface area contributed by atoms with Crippen LogP contribution in [0.1, 0.15) is 34.1 Å². The second kappa shape index (κ2) is 4.49. The number of rotatable bonds is 4. The van der Waals surface area contributed by atoms with Gasteiger partial charge in [0, 0.05) is 13.1 Å². The van der Waals surface area contributed by atoms with E-state index in [0.29, 0.717) is 12.1 Å². The lowest BCUT2D eigenvalue weighted by atomic mass is 10.2. The minimum atomic E-state index is 0.493. The number of hydrazone groups is 1. The van der Waals surface area contributed by atoms with E-state index >= 15 is 0 Å². The van der Waals surface area contributed by atoms with Crippen molar-refractivity contribution in [1.82, 2.24) is 9.91 Å². The molecular formula is C10H21N3. The standard InChI is InChI=1S/C10H21N3/c1-5-10-12(7-9(3)4)8-11-13(10)6-2/h8-10H,5-7H2,1-4H3. The van der Waals surface area contributed by atoms with Crippen LogP contribution in [0.2, 0.25) is 0 Å². The Morgan fingerprint density at radius 3 is 2.54 bits per heavy atom. The highest BCUT2D eigenvalue weighted by molar-refractivity contribution is 5.57. The summed E-state index contributed by atoms with van der Waals surface area (Å²) >= 11 is 0. The molecule has 0 N–H and O–H groups in total. The summed E-state index contributed by atoms with van der Waals surface area (Å²) in [5.74, 6) is 0.706. The molecule has 0 saturated heterocycles. The van der Waals surface area contributed by atoms with E-state index in [1.807, 2.05) is 6.34 Å². The van der Waals surface area contributed by atoms with Gasteiger partial charge in [0.25, 0.3) is 0 Å². The van der Waals surface area contributed by atoms with Crippen LogP contribution in [0.4, 0.5) is 0 Å². The van der Waals surface area contributed by atoms with Gasteiger partial charge in [-0.15, -0.1) is 0 Å². The Hall–Kier alpha value is -0.730. The van der Waals surface area contributed by atoms with Crippen LogP contribution in [0.3, 0.4) is 0 Å². The van der Waals surface area contributed by atoms with Crippen molar-refractivity contribution < 1.29 is 0 Å². The third-order valence-electron chi connectivity index (χ3n) is 2.34. The molecule has 1 aliphatic rings. The molecule has 0 aromatic rings. The summed E-state index contributed by atoms with van der Waals surface area (Å²) in [7, 11) is 0. The molecule has 0 radical (unpaired) electrons. The summed E-state index contributed by atoms with van der Waals surface area (Å²) in [4.78, 5) is 2.34. The lowest BCUT2D eigenvalue weighted by Gasteiger charge is -2.30. The van der Waals surface area contributed by atoms with Gasteiger partial charge in [-0.1, -0.05) is 20.8 Å². The Labute approximate surface area is 81.4 Å². The second-order valence-corrected chi connectivity index (χ2v) is 3.97. The van der Waals surface area contributed by atoms with Crippen LogP contribution in [-0.2, 0) is 0 Å². The van der Waals surface area contributed by atoms with Gasteiger partial charge in [-0.3, -0.25) is 5.01 Å². The molecule has 76 valence electrons. The highest BCUT2D eigenvalue weighted by Gasteiger charge is 2.24. The van der Waals surface area contributed by atoms with Gasteiger partial charge in [0.2, 0.25) is 0 Å². The molecule has 1 rings (SSSR count). The largest absolute Gasteiger partial charge is 0.339 e. The van der Waals surface area contributed by atoms with Crippen molar-refractivity contribution in [1.29, 1.82) is 0 Å². The summed E-state index contributed by atoms with van der Waals surface area (Å²) in [5.41, 5.74) is 0. The first-order valence-corrected chi connectivity index (χ1v) is 5.25. The SMILES string of the molecule is CCC1N(CC(C)C)C=NN1CC. The van der Waals surface area contributed by atoms with E-state index in [1.165, 1.54) is 0 Å². The van der Waals surface area contributed by atoms with Gasteiger partial charge in [-0.2, -0.15) is 5.10 Å². The van der Waals surface area contributed by atoms with Gasteiger partial charge in [-0.25, -0.2) is 0 Å². The first-order valence-electron chi connectivity index (χ1n) is 5.25. The van der Waals surface area contributed by atoms with Gasteiger partial charge in [-0.05, 0) is 19.3 Å². The van der Waals surface area contributed by atoms with Gasteiger partial charge < -0.3 is 4.90 Å². The first kappa shape index (κ1) is 10.4. The zero-order valence-electron chi connectivity index (χ0n) is 9.20. The second-order valence-electron chi connectivity index (χ2n) is 3.97. The molecular weight excluding hydrogens is 162 g/mol. The average molecular weight is 183 g/mol. The minimum absolute atomic E-state index is 0.493. The Bertz CT molecular complexity index is 177. The van der Waals surface area contributed by atoms with Gasteiger partial charge in [0.05, 0.1) is 0 Å². The maximum absolute atomic E-state index is 4.38. The third kappa shape index (κ3) is 2.36. The summed E-state index contributed by atoms with van der Waals surface area (Å²) in [6.07, 6.45) is 3.62. The van der Waals surface area contributed by atoms with Gasteiger partial charge in [0.15, 0.2) is 0 Å². The zero-order valence-corrected chi connectivity index (χ0v) is 9.20. The molecule has 0 amide bonds. The van der Waals surface area contributed by atoms with E-state index in [-0.39, 0.29) is 0 Å². The van der Waals surface area contributed by atoms with Crippen LogP contribution in [-0.4, -0.2) is 35.5 Å². The van der Waals surface area contributed by atoms with Crippen molar-refractivity contribution in [3.8, 4) is 0 Å². The van der Waals surface area contributed by atoms with Crippen molar-refractivity contribution in [2.24, 2.45) is 11.0 Å². The monoisotopic (exact) mass is 183 g/mol. The van der Waals surface area contributed by atoms with Crippen molar-refractivity contribution in [2.45, 2.75) is 40.3 Å². The fourth-order valence-electron chi connectivity index (χ4n) is 1.79. The smallest absolute Gasteiger partial charge is 0.118 e. The molecule has 0 aromatic heterocycles. The molecule has 0 fully saturated rings. The average Bonchev–Trinajstić information content (AvgIpc) is 2.45. The van der Waals surface area contributed by atoms with Gasteiger partial charge in [0.1, 0.15) is 12.5 Å². The van der Waals surface area contributed by atoms with E-state index in [0.717, 1.165) is 19.5 Å². The minimum Gasteiger partial charge on any atom is -0.339 e. The Morgan fingerprint density at radius 1 is 1.38 bits per heavy atom. The lowest BCUT2D eigenvalue weighted by Crippen LogP contribution is -2.40. The quantitative estimate of drug-likeness (QED) is 0.663. The molecule has 1 unspecified atom stereocenters. The molecule has 1 aliphatic heterocycles. The van der Waals surface area contributed by atoms with E-state index in [2.05, 4.69) is 42.7 Å². The molecule has 1 atom stereocenters. The van der Waals surface area contributed by atoms with Crippen LogP contribution in [0.15, 0.2) is 5.10 Å². The van der Waals surface area contributed by atoms with Crippen molar-refractivity contribution in [2.75, 3.05) is 13.1 Å². The predicted molar refractivity (Wildman–Crippen MR) is 56.5 cm³/mol. The molecule has 1 heterocycles. The summed E-state index contributed by atoms with van der Waals surface area (Å²) in [5, 5.41) is 6.53. The fourth-order valence-corrected chi connectivity index (χ4v) is 1.79. The molecule has 0 aromatic carbocycles. The molecule has 0 saturated carbocycles. The van der Waals surface area contributed by atoms with Crippen molar-refractivity contribution in [3.63, 3.8) is 0 Å². The highest BCUT2D eigenvalue weighted by Crippen LogP contribution is 2.16. The number of hydrogen-bond donors (Lipinski definition) is 0. The predicted octanol–water partition coefficient (Wildman–Crippen LogP) is 1.96. The fraction of sp³-hybridized carbons (Fsp3) is 0.900. The molecule has 0 bridgehead atoms. The molecule has 13 heavy (non-hydrogen) atoms. The van der Waals surface area contributed by atoms with Gasteiger partial charge >= 0.3 is 0 Å². The summed E-state index contributed by atoms with van der Waals surface area (Å²) < 4.78 is 0. The van der Waals surface area contributed by atoms with Crippen LogP contribution in [0, 0.1) is 5.92 Å². The van der Waals surface area contributed by atoms with E-state index in [1.54, 1.807) is 0 Å². The van der Waals surface area contributed by atoms with E-state index < -0.39 is 0 Å². The summed E-state index contributed by atoms with van der Waals surface area (Å²) in [6, 6.07) is 0. The maximum atomic E-state index is 4.38. The Morgan fingerprint density at radius 2 is 2.08 bits per heavy atom. The van der Waals surface area contributed by atoms with E-state index in [9.17, 15) is 0 Å². The highest BCUT2D eigenvalue weighted by atomic mass is 15.6. The van der Waals surface area contributed by atoms with Crippen molar-refractivity contribution in [3.05, 3.63) is 0 Å². The van der Waals surface area contributed by atoms with Crippen molar-refractivity contribution >= 4 is 6.34 Å². The van der Waals surface area contributed by atoms with E-state index in [4.69, 9.17) is 0 Å². The van der Waals surface area contributed by atoms with Crippen LogP contribution < -0.4 is 0 Å². The van der Waals surface area contributed by atoms with Crippen LogP contribution in [0.25, 0.3) is 0 Å². The molecule has 3 nitrogen and oxygen atoms in total. The third-order valence-corrected chi connectivity index (χ3v) is 2.34. The molecule has 3 heteroatoms. The number of nitrogens with zero attached hydrogens (tertiary/aromatic N) is 3. The van der Waals surface area contributed by atoms with Crippen LogP contribution in [0.5, 0.6) is 0 Å². The normalized spacial score (nSPS) is 22.1. The molecule has 0 spiro atoms. The summed E-state index contributed by atoms with van der Waals surface area (Å²) in [6.45, 7) is 11.0. The number of hydrogen-bond acceptors (Lipinski definition) is 3. The first-order chi connectivity index (χ1) is 6.19. The molecule has 0 aliphatic carbocycles. The topological polar surface area (TPSA) is 18.8 Å². The lowest BCUT2D eigenvalue weighted by molar-refractivity contribution is 0.125.